The average Bonchev–Trinajstić information content (AvgIpc) is 1.79. The van der Waals surface area contributed by atoms with E-state index in [1.54, 1.807) is 0 Å². The van der Waals surface area contributed by atoms with Crippen molar-refractivity contribution < 1.29 is 13.2 Å². The summed E-state index contributed by atoms with van der Waals surface area (Å²) in [6.45, 7) is 0. The van der Waals surface area contributed by atoms with Gasteiger partial charge in [0.1, 0.15) is 0 Å². The van der Waals surface area contributed by atoms with Gasteiger partial charge in [0.05, 0.1) is 0 Å². The molecule has 0 aromatic carbocycles. The van der Waals surface area contributed by atoms with E-state index in [4.69, 9.17) is 0 Å². The van der Waals surface area contributed by atoms with Gasteiger partial charge in [-0.15, -0.1) is 0 Å². The molecule has 0 aromatic rings. The van der Waals surface area contributed by atoms with Gasteiger partial charge in [-0.2, -0.15) is 13.2 Å². The summed E-state index contributed by atoms with van der Waals surface area (Å²) in [6, 6.07) is 0. The Balaban J connectivity index is 1.76. The lowest BCUT2D eigenvalue weighted by Gasteiger charge is -2.71. The van der Waals surface area contributed by atoms with Crippen LogP contribution < -0.4 is 5.32 Å². The lowest BCUT2D eigenvalue weighted by atomic mass is 9.38. The van der Waals surface area contributed by atoms with Crippen LogP contribution in [0.5, 0.6) is 0 Å². The summed E-state index contributed by atoms with van der Waals surface area (Å²) in [4.78, 5) is 0. The van der Waals surface area contributed by atoms with Crippen molar-refractivity contribution in [1.29, 1.82) is 0 Å². The van der Waals surface area contributed by atoms with Gasteiger partial charge in [-0.05, 0) is 38.1 Å². The van der Waals surface area contributed by atoms with E-state index < -0.39 is 12.6 Å². The Morgan fingerprint density at radius 3 is 2.15 bits per heavy atom. The van der Waals surface area contributed by atoms with Crippen LogP contribution >= 0.6 is 0 Å². The van der Waals surface area contributed by atoms with E-state index in [1.807, 2.05) is 7.05 Å². The lowest BCUT2D eigenvalue weighted by molar-refractivity contribution is -0.190. The second kappa shape index (κ2) is 2.41. The molecule has 0 aromatic heterocycles. The van der Waals surface area contributed by atoms with Gasteiger partial charge in [-0.3, -0.25) is 0 Å². The molecule has 3 rings (SSSR count). The molecule has 0 aliphatic heterocycles. The maximum Gasteiger partial charge on any atom is 0.389 e. The highest BCUT2D eigenvalue weighted by atomic mass is 19.4. The van der Waals surface area contributed by atoms with Gasteiger partial charge < -0.3 is 5.32 Å². The lowest BCUT2D eigenvalue weighted by Crippen LogP contribution is -2.73. The molecular formula is C9H14F3N. The van der Waals surface area contributed by atoms with Crippen LogP contribution in [0.4, 0.5) is 13.2 Å². The Bertz CT molecular complexity index is 202. The van der Waals surface area contributed by atoms with E-state index in [-0.39, 0.29) is 11.0 Å². The Morgan fingerprint density at radius 2 is 1.77 bits per heavy atom. The number of halogens is 3. The maximum atomic E-state index is 11.9. The number of hydrogen-bond donors (Lipinski definition) is 1. The van der Waals surface area contributed by atoms with Crippen LogP contribution in [0.2, 0.25) is 0 Å². The van der Waals surface area contributed by atoms with Gasteiger partial charge in [0.25, 0.3) is 0 Å². The van der Waals surface area contributed by atoms with Crippen molar-refractivity contribution in [3.8, 4) is 0 Å². The standard InChI is InChI=1S/C9H14F3N/c1-13-8-4-7(5-8,6-8)2-3-9(10,11)12/h13H,2-6H2,1H3. The van der Waals surface area contributed by atoms with E-state index in [2.05, 4.69) is 5.32 Å². The van der Waals surface area contributed by atoms with Crippen molar-refractivity contribution in [2.24, 2.45) is 5.41 Å². The van der Waals surface area contributed by atoms with E-state index in [1.165, 1.54) is 0 Å². The first-order valence-electron chi connectivity index (χ1n) is 4.65. The van der Waals surface area contributed by atoms with Crippen molar-refractivity contribution in [2.75, 3.05) is 7.05 Å². The molecule has 1 N–H and O–H groups in total. The normalized spacial score (nSPS) is 42.5. The SMILES string of the molecule is CNC12CC(CCC(F)(F)F)(C1)C2. The molecule has 1 nitrogen and oxygen atoms in total. The monoisotopic (exact) mass is 193 g/mol. The smallest absolute Gasteiger partial charge is 0.314 e. The van der Waals surface area contributed by atoms with Crippen molar-refractivity contribution in [3.63, 3.8) is 0 Å². The third kappa shape index (κ3) is 1.45. The molecule has 0 spiro atoms. The second-order valence-electron chi connectivity index (χ2n) is 4.68. The summed E-state index contributed by atoms with van der Waals surface area (Å²) >= 11 is 0. The minimum absolute atomic E-state index is 0.0541. The van der Waals surface area contributed by atoms with Crippen LogP contribution in [-0.2, 0) is 0 Å². The maximum absolute atomic E-state index is 11.9. The zero-order valence-electron chi connectivity index (χ0n) is 7.67. The van der Waals surface area contributed by atoms with Crippen LogP contribution in [0.3, 0.4) is 0 Å². The van der Waals surface area contributed by atoms with Gasteiger partial charge in [0.15, 0.2) is 0 Å². The van der Waals surface area contributed by atoms with E-state index in [0.717, 1.165) is 19.3 Å². The van der Waals surface area contributed by atoms with Crippen molar-refractivity contribution in [2.45, 2.75) is 43.8 Å². The zero-order chi connectivity index (χ0) is 9.74. The summed E-state index contributed by atoms with van der Waals surface area (Å²) < 4.78 is 35.8. The Kier molecular flexibility index (Phi) is 1.72. The Morgan fingerprint density at radius 1 is 1.23 bits per heavy atom. The fourth-order valence-corrected chi connectivity index (χ4v) is 2.94. The number of hydrogen-bond acceptors (Lipinski definition) is 1. The summed E-state index contributed by atoms with van der Waals surface area (Å²) in [5, 5.41) is 3.18. The molecular weight excluding hydrogens is 179 g/mol. The van der Waals surface area contributed by atoms with Gasteiger partial charge >= 0.3 is 6.18 Å². The first kappa shape index (κ1) is 9.31. The van der Waals surface area contributed by atoms with Crippen molar-refractivity contribution in [3.05, 3.63) is 0 Å². The van der Waals surface area contributed by atoms with Crippen molar-refractivity contribution >= 4 is 0 Å². The molecule has 0 atom stereocenters. The predicted octanol–water partition coefficient (Wildman–Crippen LogP) is 2.47. The highest BCUT2D eigenvalue weighted by molar-refractivity contribution is 5.22. The molecule has 13 heavy (non-hydrogen) atoms. The minimum atomic E-state index is -3.97. The number of alkyl halides is 3. The van der Waals surface area contributed by atoms with E-state index in [0.29, 0.717) is 6.42 Å². The van der Waals surface area contributed by atoms with Crippen LogP contribution in [0.1, 0.15) is 32.1 Å². The molecule has 0 saturated heterocycles. The molecule has 0 heterocycles. The van der Waals surface area contributed by atoms with E-state index >= 15 is 0 Å². The van der Waals surface area contributed by atoms with Crippen LogP contribution in [0, 0.1) is 5.41 Å². The summed E-state index contributed by atoms with van der Waals surface area (Å²) in [5.41, 5.74) is 0.282. The molecule has 4 heteroatoms. The zero-order valence-corrected chi connectivity index (χ0v) is 7.67. The summed E-state index contributed by atoms with van der Waals surface area (Å²) in [6.07, 6.45) is -1.39. The third-order valence-corrected chi connectivity index (χ3v) is 3.61. The van der Waals surface area contributed by atoms with Crippen LogP contribution in [-0.4, -0.2) is 18.8 Å². The summed E-state index contributed by atoms with van der Waals surface area (Å²) in [5.74, 6) is 0. The second-order valence-corrected chi connectivity index (χ2v) is 4.68. The topological polar surface area (TPSA) is 12.0 Å². The molecule has 3 aliphatic rings. The highest BCUT2D eigenvalue weighted by Gasteiger charge is 2.66. The fraction of sp³-hybridized carbons (Fsp3) is 1.00. The molecule has 0 unspecified atom stereocenters. The number of nitrogens with one attached hydrogen (secondary N) is 1. The minimum Gasteiger partial charge on any atom is -0.314 e. The fourth-order valence-electron chi connectivity index (χ4n) is 2.94. The van der Waals surface area contributed by atoms with Gasteiger partial charge in [-0.1, -0.05) is 0 Å². The molecule has 0 radical (unpaired) electrons. The average molecular weight is 193 g/mol. The Hall–Kier alpha value is -0.250. The first-order valence-corrected chi connectivity index (χ1v) is 4.65. The van der Waals surface area contributed by atoms with Gasteiger partial charge in [0, 0.05) is 12.0 Å². The molecule has 2 bridgehead atoms. The molecule has 3 aliphatic carbocycles. The Labute approximate surface area is 75.7 Å². The largest absolute Gasteiger partial charge is 0.389 e. The molecule has 0 amide bonds. The van der Waals surface area contributed by atoms with Gasteiger partial charge in [0.2, 0.25) is 0 Å². The third-order valence-electron chi connectivity index (χ3n) is 3.61. The molecule has 76 valence electrons. The molecule has 3 saturated carbocycles. The van der Waals surface area contributed by atoms with Gasteiger partial charge in [-0.25, -0.2) is 0 Å². The highest BCUT2D eigenvalue weighted by Crippen LogP contribution is 2.69. The number of rotatable bonds is 3. The van der Waals surface area contributed by atoms with Crippen molar-refractivity contribution in [1.82, 2.24) is 5.32 Å². The predicted molar refractivity (Wildman–Crippen MR) is 43.4 cm³/mol. The first-order chi connectivity index (χ1) is 5.89. The quantitative estimate of drug-likeness (QED) is 0.726. The van der Waals surface area contributed by atoms with Crippen LogP contribution in [0.25, 0.3) is 0 Å². The van der Waals surface area contributed by atoms with Crippen LogP contribution in [0.15, 0.2) is 0 Å². The molecule has 3 fully saturated rings. The van der Waals surface area contributed by atoms with E-state index in [9.17, 15) is 13.2 Å². The summed E-state index contributed by atoms with van der Waals surface area (Å²) in [7, 11) is 1.90.